The Labute approximate surface area is 120 Å². The molecule has 0 saturated heterocycles. The summed E-state index contributed by atoms with van der Waals surface area (Å²) in [7, 11) is 0. The first-order chi connectivity index (χ1) is 9.60. The van der Waals surface area contributed by atoms with Crippen molar-refractivity contribution in [3.8, 4) is 5.75 Å². The van der Waals surface area contributed by atoms with Crippen molar-refractivity contribution >= 4 is 23.6 Å². The number of benzene rings is 1. The van der Waals surface area contributed by atoms with Crippen LogP contribution in [0.3, 0.4) is 0 Å². The van der Waals surface area contributed by atoms with Crippen molar-refractivity contribution in [3.05, 3.63) is 23.8 Å². The van der Waals surface area contributed by atoms with E-state index in [1.165, 1.54) is 6.07 Å². The van der Waals surface area contributed by atoms with Gasteiger partial charge in [0.1, 0.15) is 11.3 Å². The predicted octanol–water partition coefficient (Wildman–Crippen LogP) is 0.866. The molecule has 0 aliphatic heterocycles. The summed E-state index contributed by atoms with van der Waals surface area (Å²) >= 11 is 0. The monoisotopic (exact) mass is 295 g/mol. The van der Waals surface area contributed by atoms with Crippen LogP contribution >= 0.6 is 0 Å². The van der Waals surface area contributed by atoms with Gasteiger partial charge in [0.2, 0.25) is 5.91 Å². The van der Waals surface area contributed by atoms with Crippen LogP contribution < -0.4 is 16.4 Å². The molecule has 3 amide bonds. The van der Waals surface area contributed by atoms with Gasteiger partial charge in [0.05, 0.1) is 0 Å². The van der Waals surface area contributed by atoms with Crippen molar-refractivity contribution < 1.29 is 24.6 Å². The van der Waals surface area contributed by atoms with Gasteiger partial charge in [0.15, 0.2) is 0 Å². The average molecular weight is 295 g/mol. The zero-order valence-electron chi connectivity index (χ0n) is 11.6. The third-order valence-electron chi connectivity index (χ3n) is 2.55. The lowest BCUT2D eigenvalue weighted by atomic mass is 10.0. The first kappa shape index (κ1) is 16.3. The molecule has 1 aromatic carbocycles. The minimum absolute atomic E-state index is 0.0453. The third-order valence-corrected chi connectivity index (χ3v) is 2.55. The highest BCUT2D eigenvalue weighted by Crippen LogP contribution is 2.21. The van der Waals surface area contributed by atoms with E-state index in [0.717, 1.165) is 12.1 Å². The SMILES string of the molecule is CC(C)(CC(N)=O)NC(=O)Nc1ccc(O)c(C(=O)O)c1. The van der Waals surface area contributed by atoms with Crippen LogP contribution in [0.2, 0.25) is 0 Å². The minimum atomic E-state index is -1.31. The van der Waals surface area contributed by atoms with Gasteiger partial charge in [-0.05, 0) is 32.0 Å². The van der Waals surface area contributed by atoms with Gasteiger partial charge >= 0.3 is 12.0 Å². The number of carbonyl (C=O) groups is 3. The number of carboxylic acid groups (broad SMARTS) is 1. The zero-order valence-corrected chi connectivity index (χ0v) is 11.6. The van der Waals surface area contributed by atoms with Gasteiger partial charge in [-0.3, -0.25) is 4.79 Å². The van der Waals surface area contributed by atoms with Gasteiger partial charge < -0.3 is 26.6 Å². The van der Waals surface area contributed by atoms with E-state index in [1.54, 1.807) is 13.8 Å². The molecule has 0 atom stereocenters. The van der Waals surface area contributed by atoms with Gasteiger partial charge in [0.25, 0.3) is 0 Å². The maximum atomic E-state index is 11.8. The Hall–Kier alpha value is -2.77. The van der Waals surface area contributed by atoms with Gasteiger partial charge in [0, 0.05) is 17.6 Å². The van der Waals surface area contributed by atoms with Crippen LogP contribution in [0.4, 0.5) is 10.5 Å². The Morgan fingerprint density at radius 2 is 1.90 bits per heavy atom. The lowest BCUT2D eigenvalue weighted by molar-refractivity contribution is -0.119. The van der Waals surface area contributed by atoms with E-state index < -0.39 is 29.2 Å². The summed E-state index contributed by atoms with van der Waals surface area (Å²) in [5.41, 5.74) is 4.09. The van der Waals surface area contributed by atoms with Gasteiger partial charge in [-0.1, -0.05) is 0 Å². The van der Waals surface area contributed by atoms with Gasteiger partial charge in [-0.15, -0.1) is 0 Å². The Morgan fingerprint density at radius 3 is 2.43 bits per heavy atom. The number of nitrogens with one attached hydrogen (secondary N) is 2. The fourth-order valence-corrected chi connectivity index (χ4v) is 1.73. The molecule has 114 valence electrons. The van der Waals surface area contributed by atoms with E-state index in [4.69, 9.17) is 10.8 Å². The molecule has 0 radical (unpaired) electrons. The summed E-state index contributed by atoms with van der Waals surface area (Å²) in [6.07, 6.45) is -0.0453. The van der Waals surface area contributed by atoms with Crippen LogP contribution in [-0.2, 0) is 4.79 Å². The number of carboxylic acids is 1. The van der Waals surface area contributed by atoms with Crippen molar-refractivity contribution in [2.24, 2.45) is 5.73 Å². The normalized spacial score (nSPS) is 10.8. The predicted molar refractivity (Wildman–Crippen MR) is 75.1 cm³/mol. The fraction of sp³-hybridized carbons (Fsp3) is 0.308. The number of amides is 3. The Balaban J connectivity index is 2.78. The highest BCUT2D eigenvalue weighted by atomic mass is 16.4. The number of hydrogen-bond donors (Lipinski definition) is 5. The van der Waals surface area contributed by atoms with Crippen molar-refractivity contribution in [2.75, 3.05) is 5.32 Å². The molecule has 8 heteroatoms. The number of rotatable bonds is 5. The van der Waals surface area contributed by atoms with Crippen LogP contribution in [0.1, 0.15) is 30.6 Å². The Morgan fingerprint density at radius 1 is 1.29 bits per heavy atom. The summed E-state index contributed by atoms with van der Waals surface area (Å²) in [6.45, 7) is 3.24. The van der Waals surface area contributed by atoms with Gasteiger partial charge in [-0.2, -0.15) is 0 Å². The zero-order chi connectivity index (χ0) is 16.2. The molecule has 0 bridgehead atoms. The first-order valence-electron chi connectivity index (χ1n) is 6.04. The second kappa shape index (κ2) is 6.12. The van der Waals surface area contributed by atoms with Crippen LogP contribution in [0, 0.1) is 0 Å². The topological polar surface area (TPSA) is 142 Å². The number of aromatic carboxylic acids is 1. The van der Waals surface area contributed by atoms with E-state index in [9.17, 15) is 19.5 Å². The highest BCUT2D eigenvalue weighted by molar-refractivity contribution is 5.95. The number of nitrogens with two attached hydrogens (primary N) is 1. The number of carbonyl (C=O) groups excluding carboxylic acids is 2. The smallest absolute Gasteiger partial charge is 0.339 e. The summed E-state index contributed by atoms with van der Waals surface area (Å²) in [5.74, 6) is -2.27. The molecule has 0 unspecified atom stereocenters. The van der Waals surface area contributed by atoms with E-state index in [1.807, 2.05) is 0 Å². The standard InChI is InChI=1S/C13H17N3O5/c1-13(2,6-10(14)18)16-12(21)15-7-3-4-9(17)8(5-7)11(19)20/h3-5,17H,6H2,1-2H3,(H2,14,18)(H,19,20)(H2,15,16,21). The van der Waals surface area contributed by atoms with Crippen molar-refractivity contribution in [2.45, 2.75) is 25.8 Å². The number of urea groups is 1. The largest absolute Gasteiger partial charge is 0.507 e. The lowest BCUT2D eigenvalue weighted by Gasteiger charge is -2.24. The molecule has 6 N–H and O–H groups in total. The van der Waals surface area contributed by atoms with Gasteiger partial charge in [-0.25, -0.2) is 9.59 Å². The van der Waals surface area contributed by atoms with E-state index >= 15 is 0 Å². The third kappa shape index (κ3) is 5.01. The summed E-state index contributed by atoms with van der Waals surface area (Å²) in [4.78, 5) is 33.5. The maximum Gasteiger partial charge on any atom is 0.339 e. The van der Waals surface area contributed by atoms with Crippen molar-refractivity contribution in [1.82, 2.24) is 5.32 Å². The van der Waals surface area contributed by atoms with Crippen molar-refractivity contribution in [3.63, 3.8) is 0 Å². The maximum absolute atomic E-state index is 11.8. The molecule has 0 aliphatic carbocycles. The number of anilines is 1. The number of phenols is 1. The van der Waals surface area contributed by atoms with Crippen LogP contribution in [-0.4, -0.2) is 33.7 Å². The molecule has 0 spiro atoms. The molecular formula is C13H17N3O5. The highest BCUT2D eigenvalue weighted by Gasteiger charge is 2.23. The molecule has 0 saturated carbocycles. The van der Waals surface area contributed by atoms with Crippen LogP contribution in [0.5, 0.6) is 5.75 Å². The average Bonchev–Trinajstić information content (AvgIpc) is 2.28. The molecule has 1 aromatic rings. The lowest BCUT2D eigenvalue weighted by Crippen LogP contribution is -2.47. The number of aromatic hydroxyl groups is 1. The van der Waals surface area contributed by atoms with E-state index in [2.05, 4.69) is 10.6 Å². The quantitative estimate of drug-likeness (QED) is 0.512. The summed E-state index contributed by atoms with van der Waals surface area (Å²) < 4.78 is 0. The molecule has 0 heterocycles. The number of primary amides is 1. The molecule has 0 fully saturated rings. The molecule has 1 rings (SSSR count). The first-order valence-corrected chi connectivity index (χ1v) is 6.04. The molecule has 21 heavy (non-hydrogen) atoms. The van der Waals surface area contributed by atoms with Crippen LogP contribution in [0.15, 0.2) is 18.2 Å². The number of hydrogen-bond acceptors (Lipinski definition) is 4. The second-order valence-electron chi connectivity index (χ2n) is 5.14. The van der Waals surface area contributed by atoms with E-state index in [-0.39, 0.29) is 17.7 Å². The summed E-state index contributed by atoms with van der Waals surface area (Å²) in [5, 5.41) is 23.2. The second-order valence-corrected chi connectivity index (χ2v) is 5.14. The molecule has 0 aromatic heterocycles. The fourth-order valence-electron chi connectivity index (χ4n) is 1.73. The van der Waals surface area contributed by atoms with E-state index in [0.29, 0.717) is 0 Å². The van der Waals surface area contributed by atoms with Crippen LogP contribution in [0.25, 0.3) is 0 Å². The molecular weight excluding hydrogens is 278 g/mol. The molecule has 0 aliphatic rings. The Kier molecular flexibility index (Phi) is 4.75. The summed E-state index contributed by atoms with van der Waals surface area (Å²) in [6, 6.07) is 3.01. The molecule has 8 nitrogen and oxygen atoms in total. The minimum Gasteiger partial charge on any atom is -0.507 e. The Bertz CT molecular complexity index is 583. The van der Waals surface area contributed by atoms with Crippen molar-refractivity contribution in [1.29, 1.82) is 0 Å².